The fourth-order valence-corrected chi connectivity index (χ4v) is 4.27. The molecule has 0 aromatic carbocycles. The van der Waals surface area contributed by atoms with E-state index in [-0.39, 0.29) is 55.1 Å². The summed E-state index contributed by atoms with van der Waals surface area (Å²) in [5, 5.41) is 19.0. The van der Waals surface area contributed by atoms with Crippen LogP contribution in [-0.4, -0.2) is 89.0 Å². The van der Waals surface area contributed by atoms with Crippen LogP contribution in [0.5, 0.6) is 0 Å². The molecule has 0 spiro atoms. The molecule has 8 N–H and O–H groups in total. The molecule has 0 atom stereocenters. The topological polar surface area (TPSA) is 209 Å². The lowest BCUT2D eigenvalue weighted by molar-refractivity contribution is -0.144. The summed E-state index contributed by atoms with van der Waals surface area (Å²) in [6, 6.07) is 0. The summed E-state index contributed by atoms with van der Waals surface area (Å²) >= 11 is 0. The molecule has 0 unspecified atom stereocenters. The van der Waals surface area contributed by atoms with Crippen molar-refractivity contribution in [1.82, 2.24) is 15.1 Å². The molecule has 2 fully saturated rings. The van der Waals surface area contributed by atoms with Gasteiger partial charge in [0.25, 0.3) is 0 Å². The number of carbonyl (C=O) groups is 2. The number of aliphatic hydroxyl groups is 1. The number of likely N-dealkylation sites (tertiary alicyclic amines) is 2. The minimum Gasteiger partial charge on any atom is -0.466 e. The largest absolute Gasteiger partial charge is 0.466 e. The van der Waals surface area contributed by atoms with E-state index in [2.05, 4.69) is 20.2 Å². The zero-order valence-electron chi connectivity index (χ0n) is 27.4. The number of allylic oxidation sites excluding steroid dienone is 1. The van der Waals surface area contributed by atoms with E-state index in [0.717, 1.165) is 51.9 Å². The van der Waals surface area contributed by atoms with Crippen LogP contribution in [0, 0.1) is 11.5 Å². The van der Waals surface area contributed by atoms with Gasteiger partial charge in [-0.1, -0.05) is 0 Å². The summed E-state index contributed by atoms with van der Waals surface area (Å²) < 4.78 is 4.70. The first-order valence-electron chi connectivity index (χ1n) is 14.8. The number of halogens is 2. The zero-order chi connectivity index (χ0) is 32.2. The zero-order valence-corrected chi connectivity index (χ0v) is 29.1. The molecular formula is C29H57Cl2N9O4. The molecule has 0 aliphatic carbocycles. The SMILES string of the molecule is CC1(C)CC(=O)C=C(N=C(N)N2CCCCC2)N1.CCO.CCOC(=O)CC(C)(C)N.Cl.Cl.N#CN=C(N)N1CCCCC1. The van der Waals surface area contributed by atoms with Crippen LogP contribution < -0.4 is 22.5 Å². The summed E-state index contributed by atoms with van der Waals surface area (Å²) in [4.78, 5) is 34.2. The minimum atomic E-state index is -0.452. The molecule has 0 radical (unpaired) electrons. The Kier molecular flexibility index (Phi) is 25.4. The van der Waals surface area contributed by atoms with Crippen molar-refractivity contribution in [3.63, 3.8) is 0 Å². The number of hydrogen-bond donors (Lipinski definition) is 5. The highest BCUT2D eigenvalue weighted by Gasteiger charge is 2.27. The molecule has 13 nitrogen and oxygen atoms in total. The van der Waals surface area contributed by atoms with Gasteiger partial charge in [-0.3, -0.25) is 9.59 Å². The first-order valence-corrected chi connectivity index (χ1v) is 14.8. The molecule has 0 aromatic rings. The van der Waals surface area contributed by atoms with E-state index < -0.39 is 5.54 Å². The minimum absolute atomic E-state index is 0. The Morgan fingerprint density at radius 1 is 1.05 bits per heavy atom. The van der Waals surface area contributed by atoms with Gasteiger partial charge in [0.1, 0.15) is 5.82 Å². The average Bonchev–Trinajstić information content (AvgIpc) is 2.89. The number of rotatable bonds is 4. The van der Waals surface area contributed by atoms with Crippen LogP contribution in [-0.2, 0) is 14.3 Å². The normalized spacial score (nSPS) is 17.9. The third-order valence-corrected chi connectivity index (χ3v) is 6.05. The van der Waals surface area contributed by atoms with E-state index in [1.807, 2.05) is 18.7 Å². The third kappa shape index (κ3) is 22.7. The van der Waals surface area contributed by atoms with Crippen molar-refractivity contribution >= 4 is 48.5 Å². The highest BCUT2D eigenvalue weighted by Crippen LogP contribution is 2.18. The highest BCUT2D eigenvalue weighted by molar-refractivity contribution is 5.92. The van der Waals surface area contributed by atoms with Crippen LogP contribution in [0.2, 0.25) is 0 Å². The monoisotopic (exact) mass is 665 g/mol. The summed E-state index contributed by atoms with van der Waals surface area (Å²) in [6.45, 7) is 15.5. The smallest absolute Gasteiger partial charge is 0.307 e. The molecule has 3 rings (SSSR count). The van der Waals surface area contributed by atoms with E-state index in [4.69, 9.17) is 32.3 Å². The van der Waals surface area contributed by atoms with Crippen molar-refractivity contribution < 1.29 is 19.4 Å². The van der Waals surface area contributed by atoms with Crippen LogP contribution >= 0.6 is 24.8 Å². The maximum Gasteiger partial charge on any atom is 0.307 e. The molecule has 0 bridgehead atoms. The van der Waals surface area contributed by atoms with Gasteiger partial charge >= 0.3 is 5.97 Å². The lowest BCUT2D eigenvalue weighted by atomic mass is 9.95. The maximum atomic E-state index is 11.6. The molecule has 2 saturated heterocycles. The van der Waals surface area contributed by atoms with Crippen molar-refractivity contribution in [3.05, 3.63) is 11.9 Å². The number of nitrogens with two attached hydrogens (primary N) is 3. The highest BCUT2D eigenvalue weighted by atomic mass is 35.5. The second-order valence-electron chi connectivity index (χ2n) is 11.6. The van der Waals surface area contributed by atoms with Crippen LogP contribution in [0.4, 0.5) is 0 Å². The summed E-state index contributed by atoms with van der Waals surface area (Å²) in [5.41, 5.74) is 16.4. The molecule has 3 aliphatic rings. The molecule has 3 heterocycles. The number of nitriles is 1. The summed E-state index contributed by atoms with van der Waals surface area (Å²) in [5.74, 6) is 1.34. The molecule has 15 heteroatoms. The van der Waals surface area contributed by atoms with E-state index in [0.29, 0.717) is 30.8 Å². The Morgan fingerprint density at radius 3 is 1.89 bits per heavy atom. The number of hydrogen-bond acceptors (Lipinski definition) is 9. The van der Waals surface area contributed by atoms with Gasteiger partial charge in [0.05, 0.1) is 13.0 Å². The van der Waals surface area contributed by atoms with Crippen molar-refractivity contribution in [2.45, 2.75) is 104 Å². The van der Waals surface area contributed by atoms with Crippen molar-refractivity contribution in [2.75, 3.05) is 39.4 Å². The number of nitrogens with zero attached hydrogens (tertiary/aromatic N) is 5. The molecule has 256 valence electrons. The standard InChI is InChI=1S/C13H22N4O.C7H12N4.C7H15NO2.C2H6O.2ClH/c1-13(2)9-10(18)8-11(16-13)15-12(14)17-6-4-3-5-7-17;8-6-10-7(9)11-4-2-1-3-5-11;1-4-10-6(9)5-7(2,3)8;1-2-3;;/h8,16H,3-7,9H2,1-2H3,(H2,14,15);1-5H2,(H2,9,10);4-5,8H2,1-3H3;3H,2H2,1H3;2*1H. The molecule has 0 aromatic heterocycles. The van der Waals surface area contributed by atoms with E-state index in [1.54, 1.807) is 40.0 Å². The van der Waals surface area contributed by atoms with Gasteiger partial charge in [-0.15, -0.1) is 29.8 Å². The number of ether oxygens (including phenoxy) is 1. The predicted molar refractivity (Wildman–Crippen MR) is 181 cm³/mol. The van der Waals surface area contributed by atoms with Crippen LogP contribution in [0.1, 0.15) is 92.9 Å². The van der Waals surface area contributed by atoms with E-state index >= 15 is 0 Å². The first kappa shape index (κ1) is 45.6. The predicted octanol–water partition coefficient (Wildman–Crippen LogP) is 2.76. The molecule has 0 amide bonds. The lowest BCUT2D eigenvalue weighted by Crippen LogP contribution is -2.45. The van der Waals surface area contributed by atoms with Gasteiger partial charge in [0.15, 0.2) is 11.7 Å². The van der Waals surface area contributed by atoms with Crippen LogP contribution in [0.15, 0.2) is 21.9 Å². The Labute approximate surface area is 276 Å². The van der Waals surface area contributed by atoms with E-state index in [9.17, 15) is 9.59 Å². The first-order chi connectivity index (χ1) is 19.7. The Hall–Kier alpha value is -2.79. The quantitative estimate of drug-likeness (QED) is 0.128. The molecule has 3 aliphatic heterocycles. The number of ketones is 1. The number of carbonyl (C=O) groups excluding carboxylic acids is 2. The van der Waals surface area contributed by atoms with Crippen LogP contribution in [0.3, 0.4) is 0 Å². The van der Waals surface area contributed by atoms with Gasteiger partial charge in [0, 0.05) is 56.4 Å². The van der Waals surface area contributed by atoms with Crippen molar-refractivity contribution in [1.29, 1.82) is 5.26 Å². The molecule has 44 heavy (non-hydrogen) atoms. The average molecular weight is 667 g/mol. The number of piperidine rings is 2. The van der Waals surface area contributed by atoms with Crippen molar-refractivity contribution in [2.24, 2.45) is 27.2 Å². The van der Waals surface area contributed by atoms with Gasteiger partial charge in [-0.05, 0) is 80.1 Å². The number of guanidine groups is 2. The Bertz CT molecular complexity index is 949. The van der Waals surface area contributed by atoms with Crippen LogP contribution in [0.25, 0.3) is 0 Å². The third-order valence-electron chi connectivity index (χ3n) is 6.05. The Morgan fingerprint density at radius 2 is 1.50 bits per heavy atom. The fourth-order valence-electron chi connectivity index (χ4n) is 4.27. The van der Waals surface area contributed by atoms with E-state index in [1.165, 1.54) is 12.8 Å². The molecular weight excluding hydrogens is 609 g/mol. The van der Waals surface area contributed by atoms with Gasteiger partial charge in [0.2, 0.25) is 12.2 Å². The van der Waals surface area contributed by atoms with Gasteiger partial charge < -0.3 is 42.2 Å². The van der Waals surface area contributed by atoms with Gasteiger partial charge in [-0.25, -0.2) is 0 Å². The lowest BCUT2D eigenvalue weighted by Gasteiger charge is -2.31. The number of nitrogens with one attached hydrogen (secondary N) is 1. The Balaban J connectivity index is -0.000000565. The second kappa shape index (κ2) is 24.5. The maximum absolute atomic E-state index is 11.6. The number of aliphatic hydroxyl groups excluding tert-OH is 1. The fraction of sp³-hybridized carbons (Fsp3) is 0.759. The summed E-state index contributed by atoms with van der Waals surface area (Å²) in [6.07, 6.45) is 11.2. The molecule has 0 saturated carbocycles. The summed E-state index contributed by atoms with van der Waals surface area (Å²) in [7, 11) is 0. The van der Waals surface area contributed by atoms with Crippen molar-refractivity contribution in [3.8, 4) is 6.19 Å². The number of esters is 1. The number of aliphatic imine (C=N–C) groups is 2. The van der Waals surface area contributed by atoms with Gasteiger partial charge in [-0.2, -0.15) is 10.3 Å². The second-order valence-corrected chi connectivity index (χ2v) is 11.6.